The van der Waals surface area contributed by atoms with E-state index in [0.29, 0.717) is 11.0 Å². The molecule has 8 nitrogen and oxygen atoms in total. The summed E-state index contributed by atoms with van der Waals surface area (Å²) >= 11 is 6.05. The van der Waals surface area contributed by atoms with E-state index in [1.165, 1.54) is 12.5 Å². The van der Waals surface area contributed by atoms with Crippen molar-refractivity contribution in [3.63, 3.8) is 0 Å². The van der Waals surface area contributed by atoms with Gasteiger partial charge in [0, 0.05) is 12.1 Å². The second-order valence-electron chi connectivity index (χ2n) is 5.51. The molecule has 3 rings (SSSR count). The van der Waals surface area contributed by atoms with Gasteiger partial charge in [0.15, 0.2) is 0 Å². The summed E-state index contributed by atoms with van der Waals surface area (Å²) in [7, 11) is 0. The molecule has 0 amide bonds. The highest BCUT2D eigenvalue weighted by atomic mass is 35.5. The number of aliphatic hydroxyl groups excluding tert-OH is 3. The van der Waals surface area contributed by atoms with Crippen LogP contribution in [0, 0.1) is 17.2 Å². The van der Waals surface area contributed by atoms with Crippen LogP contribution in [0.15, 0.2) is 12.5 Å². The summed E-state index contributed by atoms with van der Waals surface area (Å²) in [5.41, 5.74) is 0.668. The lowest BCUT2D eigenvalue weighted by Gasteiger charge is -2.41. The zero-order valence-corrected chi connectivity index (χ0v) is 12.9. The molecule has 4 unspecified atom stereocenters. The molecule has 9 heteroatoms. The molecule has 23 heavy (non-hydrogen) atoms. The van der Waals surface area contributed by atoms with Gasteiger partial charge in [-0.25, -0.2) is 9.97 Å². The van der Waals surface area contributed by atoms with Crippen LogP contribution in [-0.4, -0.2) is 54.8 Å². The third kappa shape index (κ3) is 2.47. The van der Waals surface area contributed by atoms with Crippen molar-refractivity contribution in [3.8, 4) is 6.07 Å². The van der Waals surface area contributed by atoms with Crippen LogP contribution in [0.5, 0.6) is 0 Å². The summed E-state index contributed by atoms with van der Waals surface area (Å²) in [5.74, 6) is -0.497. The molecule has 0 bridgehead atoms. The molecule has 0 spiro atoms. The molecule has 2 aromatic heterocycles. The summed E-state index contributed by atoms with van der Waals surface area (Å²) in [4.78, 5) is 8.02. The highest BCUT2D eigenvalue weighted by Crippen LogP contribution is 2.36. The number of fused-ring (bicyclic) bond motifs is 1. The van der Waals surface area contributed by atoms with Gasteiger partial charge in [0.05, 0.1) is 23.7 Å². The average molecular weight is 339 g/mol. The zero-order chi connectivity index (χ0) is 16.7. The van der Waals surface area contributed by atoms with E-state index < -0.39 is 37.1 Å². The molecule has 3 heterocycles. The van der Waals surface area contributed by atoms with Crippen molar-refractivity contribution in [1.29, 1.82) is 5.26 Å². The number of halogens is 1. The SMILES string of the molecule is C[C@@H]1C(O)C(O)C(CO)OC1n1cc(C#N)c2c(Cl)ncnc21. The molecular weight excluding hydrogens is 324 g/mol. The van der Waals surface area contributed by atoms with E-state index in [0.717, 1.165) is 0 Å². The largest absolute Gasteiger partial charge is 0.394 e. The van der Waals surface area contributed by atoms with Crippen LogP contribution in [0.1, 0.15) is 18.7 Å². The van der Waals surface area contributed by atoms with Crippen molar-refractivity contribution in [2.75, 3.05) is 6.61 Å². The van der Waals surface area contributed by atoms with E-state index in [4.69, 9.17) is 16.3 Å². The molecule has 122 valence electrons. The second kappa shape index (κ2) is 6.03. The first-order chi connectivity index (χ1) is 11.0. The Bertz CT molecular complexity index is 772. The van der Waals surface area contributed by atoms with Gasteiger partial charge >= 0.3 is 0 Å². The summed E-state index contributed by atoms with van der Waals surface area (Å²) in [6, 6.07) is 2.03. The van der Waals surface area contributed by atoms with Crippen molar-refractivity contribution in [2.45, 2.75) is 31.5 Å². The van der Waals surface area contributed by atoms with Crippen molar-refractivity contribution >= 4 is 22.6 Å². The van der Waals surface area contributed by atoms with Crippen LogP contribution in [0.2, 0.25) is 5.15 Å². The molecule has 0 radical (unpaired) electrons. The van der Waals surface area contributed by atoms with Gasteiger partial charge in [-0.1, -0.05) is 18.5 Å². The number of ether oxygens (including phenoxy) is 1. The molecule has 1 aliphatic heterocycles. The third-order valence-corrected chi connectivity index (χ3v) is 4.46. The monoisotopic (exact) mass is 338 g/mol. The first-order valence-electron chi connectivity index (χ1n) is 7.03. The fraction of sp³-hybridized carbons (Fsp3) is 0.500. The lowest BCUT2D eigenvalue weighted by molar-refractivity contribution is -0.227. The summed E-state index contributed by atoms with van der Waals surface area (Å²) in [6.07, 6.45) is -1.16. The smallest absolute Gasteiger partial charge is 0.148 e. The third-order valence-electron chi connectivity index (χ3n) is 4.17. The van der Waals surface area contributed by atoms with E-state index in [2.05, 4.69) is 9.97 Å². The lowest BCUT2D eigenvalue weighted by Crippen LogP contribution is -2.52. The molecule has 1 aliphatic rings. The lowest BCUT2D eigenvalue weighted by atomic mass is 9.91. The van der Waals surface area contributed by atoms with Crippen molar-refractivity contribution < 1.29 is 20.1 Å². The van der Waals surface area contributed by atoms with Gasteiger partial charge in [0.1, 0.15) is 41.6 Å². The van der Waals surface area contributed by atoms with E-state index in [9.17, 15) is 20.6 Å². The molecular formula is C14H15ClN4O4. The maximum atomic E-state index is 10.2. The quantitative estimate of drug-likeness (QED) is 0.668. The maximum absolute atomic E-state index is 10.2. The van der Waals surface area contributed by atoms with Crippen LogP contribution in [0.3, 0.4) is 0 Å². The Morgan fingerprint density at radius 1 is 1.39 bits per heavy atom. The molecule has 1 fully saturated rings. The van der Waals surface area contributed by atoms with Crippen LogP contribution in [0.4, 0.5) is 0 Å². The molecule has 0 saturated carbocycles. The van der Waals surface area contributed by atoms with Gasteiger partial charge in [-0.05, 0) is 0 Å². The van der Waals surface area contributed by atoms with E-state index >= 15 is 0 Å². The Hall–Kier alpha value is -1.76. The van der Waals surface area contributed by atoms with Crippen LogP contribution >= 0.6 is 11.6 Å². The number of hydrogen-bond acceptors (Lipinski definition) is 7. The molecule has 0 aliphatic carbocycles. The van der Waals surface area contributed by atoms with E-state index in [-0.39, 0.29) is 10.7 Å². The Labute approximate surface area is 136 Å². The predicted octanol–water partition coefficient (Wildman–Crippen LogP) is 0.204. The van der Waals surface area contributed by atoms with Gasteiger partial charge in [-0.2, -0.15) is 5.26 Å². The van der Waals surface area contributed by atoms with Gasteiger partial charge in [0.2, 0.25) is 0 Å². The van der Waals surface area contributed by atoms with Crippen molar-refractivity contribution in [2.24, 2.45) is 5.92 Å². The zero-order valence-electron chi connectivity index (χ0n) is 12.2. The van der Waals surface area contributed by atoms with Gasteiger partial charge < -0.3 is 24.6 Å². The fourth-order valence-corrected chi connectivity index (χ4v) is 3.11. The van der Waals surface area contributed by atoms with Gasteiger partial charge in [-0.3, -0.25) is 0 Å². The number of hydrogen-bond donors (Lipinski definition) is 3. The molecule has 1 saturated heterocycles. The Morgan fingerprint density at radius 2 is 2.13 bits per heavy atom. The van der Waals surface area contributed by atoms with Crippen LogP contribution in [-0.2, 0) is 4.74 Å². The number of aliphatic hydroxyl groups is 3. The predicted molar refractivity (Wildman–Crippen MR) is 79.4 cm³/mol. The number of rotatable bonds is 2. The van der Waals surface area contributed by atoms with Gasteiger partial charge in [0.25, 0.3) is 0 Å². The first kappa shape index (κ1) is 16.1. The highest BCUT2D eigenvalue weighted by Gasteiger charge is 2.43. The van der Waals surface area contributed by atoms with E-state index in [1.54, 1.807) is 11.5 Å². The summed E-state index contributed by atoms with van der Waals surface area (Å²) in [6.45, 7) is 1.26. The Morgan fingerprint density at radius 3 is 2.78 bits per heavy atom. The minimum Gasteiger partial charge on any atom is -0.394 e. The Balaban J connectivity index is 2.13. The Kier molecular flexibility index (Phi) is 4.23. The molecule has 3 N–H and O–H groups in total. The number of nitriles is 1. The summed E-state index contributed by atoms with van der Waals surface area (Å²) in [5, 5.41) is 39.3. The fourth-order valence-electron chi connectivity index (χ4n) is 2.88. The standard InChI is InChI=1S/C14H15ClN4O4/c1-6-10(21)11(22)8(4-20)23-14(6)19-3-7(2-16)9-12(15)17-5-18-13(9)19/h3,5-6,8,10-11,14,20-22H,4H2,1H3/t6-,8?,10?,11?,14?/m1/s1. The number of nitrogens with zero attached hydrogens (tertiary/aromatic N) is 4. The highest BCUT2D eigenvalue weighted by molar-refractivity contribution is 6.34. The maximum Gasteiger partial charge on any atom is 0.148 e. The second-order valence-corrected chi connectivity index (χ2v) is 5.87. The van der Waals surface area contributed by atoms with Crippen molar-refractivity contribution in [3.05, 3.63) is 23.2 Å². The topological polar surface area (TPSA) is 124 Å². The number of aromatic nitrogens is 3. The minimum atomic E-state index is -1.19. The minimum absolute atomic E-state index is 0.146. The van der Waals surface area contributed by atoms with Crippen LogP contribution in [0.25, 0.3) is 11.0 Å². The normalized spacial score (nSPS) is 31.2. The average Bonchev–Trinajstić information content (AvgIpc) is 2.93. The van der Waals surface area contributed by atoms with Gasteiger partial charge in [-0.15, -0.1) is 0 Å². The summed E-state index contributed by atoms with van der Waals surface area (Å²) < 4.78 is 7.29. The van der Waals surface area contributed by atoms with Crippen molar-refractivity contribution in [1.82, 2.24) is 14.5 Å². The molecule has 5 atom stereocenters. The first-order valence-corrected chi connectivity index (χ1v) is 7.41. The molecule has 2 aromatic rings. The van der Waals surface area contributed by atoms with Crippen LogP contribution < -0.4 is 0 Å². The molecule has 0 aromatic carbocycles. The van der Waals surface area contributed by atoms with E-state index in [1.807, 2.05) is 6.07 Å².